The molecule has 8 heteroatoms. The molecule has 2 rings (SSSR count). The average Bonchev–Trinajstić information content (AvgIpc) is 2.96. The summed E-state index contributed by atoms with van der Waals surface area (Å²) >= 11 is 2.60. The summed E-state index contributed by atoms with van der Waals surface area (Å²) in [6.07, 6.45) is 0. The fourth-order valence-electron chi connectivity index (χ4n) is 1.38. The van der Waals surface area contributed by atoms with Crippen molar-refractivity contribution in [3.05, 3.63) is 32.2 Å². The van der Waals surface area contributed by atoms with Crippen molar-refractivity contribution in [1.82, 2.24) is 15.3 Å². The van der Waals surface area contributed by atoms with Crippen LogP contribution in [0, 0.1) is 6.92 Å². The minimum absolute atomic E-state index is 0.00870. The van der Waals surface area contributed by atoms with E-state index in [1.807, 2.05) is 6.92 Å². The Hall–Kier alpha value is -1.80. The summed E-state index contributed by atoms with van der Waals surface area (Å²) in [5, 5.41) is 16.0. The van der Waals surface area contributed by atoms with Gasteiger partial charge in [0.05, 0.1) is 11.0 Å². The number of hydrogen-bond donors (Lipinski definition) is 2. The number of thiazole rings is 2. The molecule has 0 bridgehead atoms. The van der Waals surface area contributed by atoms with Crippen molar-refractivity contribution in [3.8, 4) is 0 Å². The van der Waals surface area contributed by atoms with Crippen LogP contribution in [-0.4, -0.2) is 27.0 Å². The Morgan fingerprint density at radius 1 is 1.26 bits per heavy atom. The molecule has 2 heterocycles. The topological polar surface area (TPSA) is 92.2 Å². The number of rotatable bonds is 4. The van der Waals surface area contributed by atoms with Gasteiger partial charge in [-0.3, -0.25) is 4.79 Å². The molecule has 0 aliphatic rings. The molecule has 1 amide bonds. The Kier molecular flexibility index (Phi) is 3.91. The van der Waals surface area contributed by atoms with Crippen molar-refractivity contribution in [2.45, 2.75) is 19.9 Å². The minimum Gasteiger partial charge on any atom is -0.476 e. The van der Waals surface area contributed by atoms with Crippen molar-refractivity contribution >= 4 is 34.6 Å². The van der Waals surface area contributed by atoms with Crippen LogP contribution in [0.5, 0.6) is 0 Å². The molecule has 0 saturated heterocycles. The van der Waals surface area contributed by atoms with E-state index < -0.39 is 5.97 Å². The number of carboxylic acids is 1. The number of aryl methyl sites for hydroxylation is 1. The second-order valence-electron chi connectivity index (χ2n) is 3.82. The average molecular weight is 297 g/mol. The second-order valence-corrected chi connectivity index (χ2v) is 5.77. The number of carboxylic acid groups (broad SMARTS) is 1. The molecule has 1 atom stereocenters. The third kappa shape index (κ3) is 3.15. The molecule has 2 aromatic heterocycles. The van der Waals surface area contributed by atoms with Crippen LogP contribution in [0.3, 0.4) is 0 Å². The SMILES string of the molecule is Cc1nc(C(=O)NC(C)c2nc(C(=O)O)cs2)cs1. The molecule has 0 saturated carbocycles. The van der Waals surface area contributed by atoms with Crippen molar-refractivity contribution in [1.29, 1.82) is 0 Å². The lowest BCUT2D eigenvalue weighted by atomic mass is 10.3. The molecule has 100 valence electrons. The summed E-state index contributed by atoms with van der Waals surface area (Å²) in [4.78, 5) is 30.6. The van der Waals surface area contributed by atoms with Gasteiger partial charge < -0.3 is 10.4 Å². The van der Waals surface area contributed by atoms with Crippen LogP contribution in [0.4, 0.5) is 0 Å². The molecule has 19 heavy (non-hydrogen) atoms. The van der Waals surface area contributed by atoms with Crippen LogP contribution >= 0.6 is 22.7 Å². The van der Waals surface area contributed by atoms with Gasteiger partial charge in [0, 0.05) is 10.8 Å². The van der Waals surface area contributed by atoms with Crippen molar-refractivity contribution in [3.63, 3.8) is 0 Å². The van der Waals surface area contributed by atoms with Gasteiger partial charge in [-0.05, 0) is 13.8 Å². The van der Waals surface area contributed by atoms with E-state index in [-0.39, 0.29) is 17.6 Å². The molecular formula is C11H11N3O3S2. The van der Waals surface area contributed by atoms with E-state index in [0.717, 1.165) is 5.01 Å². The summed E-state index contributed by atoms with van der Waals surface area (Å²) in [5.41, 5.74) is 0.356. The zero-order valence-corrected chi connectivity index (χ0v) is 11.8. The van der Waals surface area contributed by atoms with Crippen LogP contribution in [0.1, 0.15) is 44.0 Å². The molecule has 0 spiro atoms. The van der Waals surface area contributed by atoms with Gasteiger partial charge in [-0.25, -0.2) is 14.8 Å². The first kappa shape index (κ1) is 13.6. The van der Waals surface area contributed by atoms with Crippen molar-refractivity contribution in [2.75, 3.05) is 0 Å². The highest BCUT2D eigenvalue weighted by Gasteiger charge is 2.17. The predicted octanol–water partition coefficient (Wildman–Crippen LogP) is 2.10. The number of aromatic carboxylic acids is 1. The van der Waals surface area contributed by atoms with Gasteiger partial charge in [0.2, 0.25) is 0 Å². The summed E-state index contributed by atoms with van der Waals surface area (Å²) in [6, 6.07) is -0.354. The van der Waals surface area contributed by atoms with Crippen LogP contribution in [0.25, 0.3) is 0 Å². The standard InChI is InChI=1S/C11H11N3O3S2/c1-5(10-14-8(4-19-10)11(16)17)12-9(15)7-3-18-6(2)13-7/h3-5H,1-2H3,(H,12,15)(H,16,17). The summed E-state index contributed by atoms with van der Waals surface area (Å²) in [5.74, 6) is -1.36. The molecule has 0 aliphatic carbocycles. The largest absolute Gasteiger partial charge is 0.476 e. The molecular weight excluding hydrogens is 286 g/mol. The maximum absolute atomic E-state index is 11.9. The van der Waals surface area contributed by atoms with E-state index in [9.17, 15) is 9.59 Å². The number of hydrogen-bond acceptors (Lipinski definition) is 6. The maximum atomic E-state index is 11.9. The Labute approximate surface area is 117 Å². The number of nitrogens with zero attached hydrogens (tertiary/aromatic N) is 2. The highest BCUT2D eigenvalue weighted by Crippen LogP contribution is 2.18. The first-order valence-corrected chi connectivity index (χ1v) is 7.15. The number of aromatic nitrogens is 2. The van der Waals surface area contributed by atoms with E-state index in [2.05, 4.69) is 15.3 Å². The minimum atomic E-state index is -1.07. The van der Waals surface area contributed by atoms with E-state index in [4.69, 9.17) is 5.11 Å². The quantitative estimate of drug-likeness (QED) is 0.901. The first-order valence-electron chi connectivity index (χ1n) is 5.39. The Bertz CT molecular complexity index is 620. The highest BCUT2D eigenvalue weighted by molar-refractivity contribution is 7.10. The van der Waals surface area contributed by atoms with Gasteiger partial charge in [0.15, 0.2) is 5.69 Å². The number of nitrogens with one attached hydrogen (secondary N) is 1. The Morgan fingerprint density at radius 2 is 1.95 bits per heavy atom. The van der Waals surface area contributed by atoms with Gasteiger partial charge in [-0.2, -0.15) is 0 Å². The summed E-state index contributed by atoms with van der Waals surface area (Å²) in [7, 11) is 0. The van der Waals surface area contributed by atoms with E-state index in [1.165, 1.54) is 28.1 Å². The molecule has 2 aromatic rings. The Balaban J connectivity index is 2.05. The maximum Gasteiger partial charge on any atom is 0.355 e. The lowest BCUT2D eigenvalue weighted by molar-refractivity contribution is 0.0691. The van der Waals surface area contributed by atoms with Crippen LogP contribution in [0.2, 0.25) is 0 Å². The smallest absolute Gasteiger partial charge is 0.355 e. The van der Waals surface area contributed by atoms with Crippen molar-refractivity contribution < 1.29 is 14.7 Å². The van der Waals surface area contributed by atoms with Crippen LogP contribution in [0.15, 0.2) is 10.8 Å². The molecule has 0 fully saturated rings. The normalized spacial score (nSPS) is 12.1. The molecule has 0 aromatic carbocycles. The van der Waals surface area contributed by atoms with E-state index in [0.29, 0.717) is 10.7 Å². The fourth-order valence-corrected chi connectivity index (χ4v) is 2.78. The van der Waals surface area contributed by atoms with Gasteiger partial charge in [0.1, 0.15) is 10.7 Å². The number of carbonyl (C=O) groups is 2. The first-order chi connectivity index (χ1) is 8.97. The lowest BCUT2D eigenvalue weighted by Crippen LogP contribution is -2.26. The fraction of sp³-hybridized carbons (Fsp3) is 0.273. The van der Waals surface area contributed by atoms with Crippen molar-refractivity contribution in [2.24, 2.45) is 0 Å². The number of amides is 1. The third-order valence-electron chi connectivity index (χ3n) is 2.31. The zero-order valence-electron chi connectivity index (χ0n) is 10.2. The molecule has 0 aliphatic heterocycles. The van der Waals surface area contributed by atoms with Gasteiger partial charge >= 0.3 is 5.97 Å². The Morgan fingerprint density at radius 3 is 2.47 bits per heavy atom. The number of carbonyl (C=O) groups excluding carboxylic acids is 1. The predicted molar refractivity (Wildman–Crippen MR) is 71.8 cm³/mol. The van der Waals surface area contributed by atoms with Gasteiger partial charge in [0.25, 0.3) is 5.91 Å². The summed E-state index contributed by atoms with van der Waals surface area (Å²) in [6.45, 7) is 3.58. The molecule has 0 radical (unpaired) electrons. The molecule has 1 unspecified atom stereocenters. The summed E-state index contributed by atoms with van der Waals surface area (Å²) < 4.78 is 0. The monoisotopic (exact) mass is 297 g/mol. The van der Waals surface area contributed by atoms with E-state index in [1.54, 1.807) is 12.3 Å². The van der Waals surface area contributed by atoms with Crippen LogP contribution in [-0.2, 0) is 0 Å². The highest BCUT2D eigenvalue weighted by atomic mass is 32.1. The van der Waals surface area contributed by atoms with Gasteiger partial charge in [-0.1, -0.05) is 0 Å². The molecule has 6 nitrogen and oxygen atoms in total. The zero-order chi connectivity index (χ0) is 14.0. The van der Waals surface area contributed by atoms with E-state index >= 15 is 0 Å². The third-order valence-corrected chi connectivity index (χ3v) is 4.11. The van der Waals surface area contributed by atoms with Crippen LogP contribution < -0.4 is 5.32 Å². The second kappa shape index (κ2) is 5.45. The lowest BCUT2D eigenvalue weighted by Gasteiger charge is -2.09. The molecule has 2 N–H and O–H groups in total. The van der Waals surface area contributed by atoms with Gasteiger partial charge in [-0.15, -0.1) is 22.7 Å².